The molecule has 0 spiro atoms. The minimum absolute atomic E-state index is 0.120. The average Bonchev–Trinajstić information content (AvgIpc) is 2.84. The molecule has 2 N–H and O–H groups in total. The Morgan fingerprint density at radius 1 is 1.32 bits per heavy atom. The normalized spacial score (nSPS) is 23.2. The summed E-state index contributed by atoms with van der Waals surface area (Å²) in [6.07, 6.45) is 2.68. The van der Waals surface area contributed by atoms with Gasteiger partial charge in [0.2, 0.25) is 0 Å². The van der Waals surface area contributed by atoms with E-state index < -0.39 is 20.0 Å². The summed E-state index contributed by atoms with van der Waals surface area (Å²) >= 11 is 0. The van der Waals surface area contributed by atoms with Crippen molar-refractivity contribution in [3.63, 3.8) is 0 Å². The number of benzene rings is 1. The van der Waals surface area contributed by atoms with Crippen molar-refractivity contribution in [3.8, 4) is 0 Å². The summed E-state index contributed by atoms with van der Waals surface area (Å²) in [5, 5.41) is 20.1. The summed E-state index contributed by atoms with van der Waals surface area (Å²) < 4.78 is 0. The maximum absolute atomic E-state index is 11.5. The number of aliphatic hydroxyl groups excluding tert-OH is 1. The fraction of sp³-hybridized carbons (Fsp3) is 0.400. The molecule has 3 nitrogen and oxygen atoms in total. The Bertz CT molecular complexity index is 493. The van der Waals surface area contributed by atoms with E-state index in [1.807, 2.05) is 24.3 Å². The molecule has 0 aromatic heterocycles. The molecule has 1 aliphatic rings. The van der Waals surface area contributed by atoms with Crippen LogP contribution in [0.15, 0.2) is 42.0 Å². The van der Waals surface area contributed by atoms with Crippen molar-refractivity contribution in [3.05, 3.63) is 42.0 Å². The summed E-state index contributed by atoms with van der Waals surface area (Å²) in [7, 11) is -1.87. The zero-order valence-corrected chi connectivity index (χ0v) is 12.3. The maximum atomic E-state index is 11.5. The molecule has 2 rings (SSSR count). The van der Waals surface area contributed by atoms with Crippen molar-refractivity contribution in [2.45, 2.75) is 25.1 Å². The van der Waals surface area contributed by atoms with Gasteiger partial charge < -0.3 is 10.2 Å². The van der Waals surface area contributed by atoms with Gasteiger partial charge in [-0.05, 0) is 17.5 Å². The lowest BCUT2D eigenvalue weighted by molar-refractivity contribution is -0.140. The van der Waals surface area contributed by atoms with Crippen molar-refractivity contribution in [1.29, 1.82) is 0 Å². The van der Waals surface area contributed by atoms with E-state index in [1.54, 1.807) is 0 Å². The van der Waals surface area contributed by atoms with Crippen LogP contribution < -0.4 is 5.19 Å². The predicted molar refractivity (Wildman–Crippen MR) is 78.2 cm³/mol. The summed E-state index contributed by atoms with van der Waals surface area (Å²) in [4.78, 5) is 11.5. The minimum Gasteiger partial charge on any atom is -0.481 e. The molecule has 0 unspecified atom stereocenters. The van der Waals surface area contributed by atoms with E-state index in [9.17, 15) is 15.0 Å². The molecule has 0 fully saturated rings. The van der Waals surface area contributed by atoms with Crippen LogP contribution in [0.5, 0.6) is 0 Å². The number of carbonyl (C=O) groups is 1. The lowest BCUT2D eigenvalue weighted by atomic mass is 10.0. The molecule has 0 amide bonds. The van der Waals surface area contributed by atoms with Gasteiger partial charge in [-0.25, -0.2) is 0 Å². The molecule has 0 saturated carbocycles. The Hall–Kier alpha value is -1.39. The first-order valence-electron chi connectivity index (χ1n) is 6.56. The van der Waals surface area contributed by atoms with Crippen LogP contribution in [0.4, 0.5) is 0 Å². The molecule has 1 aromatic carbocycles. The molecule has 0 saturated heterocycles. The van der Waals surface area contributed by atoms with E-state index in [-0.39, 0.29) is 12.1 Å². The Kier molecular flexibility index (Phi) is 3.92. The summed E-state index contributed by atoms with van der Waals surface area (Å²) in [5.74, 6) is -1.33. The van der Waals surface area contributed by atoms with Crippen LogP contribution in [-0.2, 0) is 4.79 Å². The fourth-order valence-corrected chi connectivity index (χ4v) is 6.46. The third-order valence-corrected chi connectivity index (χ3v) is 8.57. The van der Waals surface area contributed by atoms with Gasteiger partial charge in [0.25, 0.3) is 0 Å². The van der Waals surface area contributed by atoms with Crippen LogP contribution >= 0.6 is 0 Å². The molecule has 0 aliphatic heterocycles. The van der Waals surface area contributed by atoms with E-state index in [1.165, 1.54) is 5.19 Å². The Morgan fingerprint density at radius 2 is 1.95 bits per heavy atom. The first-order valence-corrected chi connectivity index (χ1v) is 9.64. The number of aliphatic carboxylic acids is 1. The van der Waals surface area contributed by atoms with Gasteiger partial charge in [0.05, 0.1) is 20.6 Å². The Labute approximate surface area is 114 Å². The third-order valence-electron chi connectivity index (χ3n) is 4.33. The lowest BCUT2D eigenvalue weighted by Crippen LogP contribution is -2.48. The van der Waals surface area contributed by atoms with E-state index in [4.69, 9.17) is 0 Å². The van der Waals surface area contributed by atoms with E-state index >= 15 is 0 Å². The van der Waals surface area contributed by atoms with Crippen LogP contribution in [0.3, 0.4) is 0 Å². The smallest absolute Gasteiger partial charge is 0.310 e. The highest BCUT2D eigenvalue weighted by Gasteiger charge is 2.45. The molecule has 0 bridgehead atoms. The lowest BCUT2D eigenvalue weighted by Gasteiger charge is -2.33. The number of hydrogen-bond acceptors (Lipinski definition) is 2. The van der Waals surface area contributed by atoms with Crippen molar-refractivity contribution in [2.75, 3.05) is 6.61 Å². The second-order valence-corrected chi connectivity index (χ2v) is 10.4. The number of allylic oxidation sites excluding steroid dienone is 1. The van der Waals surface area contributed by atoms with Gasteiger partial charge in [-0.2, -0.15) is 0 Å². The van der Waals surface area contributed by atoms with Gasteiger partial charge in [0.15, 0.2) is 0 Å². The van der Waals surface area contributed by atoms with Crippen LogP contribution in [0.2, 0.25) is 18.6 Å². The number of carboxylic acids is 1. The standard InChI is InChI=1S/C15H20O3Si/c1-19(2,12-6-4-3-5-7-12)13-9-8-11(10-16)14(13)15(17)18/h3-8,13-14,16H,9-10H2,1-2H3,(H,17,18)/t13-,14-/m1/s1. The molecule has 19 heavy (non-hydrogen) atoms. The largest absolute Gasteiger partial charge is 0.481 e. The highest BCUT2D eigenvalue weighted by molar-refractivity contribution is 6.91. The predicted octanol–water partition coefficient (Wildman–Crippen LogP) is 2.00. The van der Waals surface area contributed by atoms with Gasteiger partial charge >= 0.3 is 5.97 Å². The second-order valence-electron chi connectivity index (χ2n) is 5.68. The molecule has 102 valence electrons. The zero-order chi connectivity index (χ0) is 14.0. The average molecular weight is 276 g/mol. The molecule has 1 aromatic rings. The van der Waals surface area contributed by atoms with E-state index in [2.05, 4.69) is 25.2 Å². The second kappa shape index (κ2) is 5.31. The molecular formula is C15H20O3Si. The minimum atomic E-state index is -1.87. The molecular weight excluding hydrogens is 256 g/mol. The third kappa shape index (κ3) is 2.51. The van der Waals surface area contributed by atoms with Crippen molar-refractivity contribution in [1.82, 2.24) is 0 Å². The van der Waals surface area contributed by atoms with Crippen molar-refractivity contribution < 1.29 is 15.0 Å². The van der Waals surface area contributed by atoms with Crippen LogP contribution in [0.25, 0.3) is 0 Å². The van der Waals surface area contributed by atoms with Gasteiger partial charge in [-0.15, -0.1) is 0 Å². The molecule has 0 heterocycles. The highest BCUT2D eigenvalue weighted by Crippen LogP contribution is 2.43. The quantitative estimate of drug-likeness (QED) is 0.653. The summed E-state index contributed by atoms with van der Waals surface area (Å²) in [5.41, 5.74) is 0.795. The number of carboxylic acid groups (broad SMARTS) is 1. The Balaban J connectivity index is 2.34. The molecule has 2 atom stereocenters. The first kappa shape index (κ1) is 14.0. The summed E-state index contributed by atoms with van der Waals surface area (Å²) in [6, 6.07) is 10.2. The van der Waals surface area contributed by atoms with Crippen LogP contribution in [0, 0.1) is 5.92 Å². The number of aliphatic hydroxyl groups is 1. The number of hydrogen-bond donors (Lipinski definition) is 2. The Morgan fingerprint density at radius 3 is 2.47 bits per heavy atom. The van der Waals surface area contributed by atoms with Gasteiger partial charge in [-0.3, -0.25) is 4.79 Å². The monoisotopic (exact) mass is 276 g/mol. The van der Waals surface area contributed by atoms with Gasteiger partial charge in [0, 0.05) is 0 Å². The van der Waals surface area contributed by atoms with Crippen molar-refractivity contribution in [2.24, 2.45) is 5.92 Å². The highest BCUT2D eigenvalue weighted by atomic mass is 28.3. The van der Waals surface area contributed by atoms with Gasteiger partial charge in [-0.1, -0.05) is 54.7 Å². The maximum Gasteiger partial charge on any atom is 0.310 e. The molecule has 1 aliphatic carbocycles. The topological polar surface area (TPSA) is 57.5 Å². The first-order chi connectivity index (χ1) is 8.98. The zero-order valence-electron chi connectivity index (χ0n) is 11.3. The van der Waals surface area contributed by atoms with E-state index in [0.717, 1.165) is 6.42 Å². The summed E-state index contributed by atoms with van der Waals surface area (Å²) in [6.45, 7) is 4.29. The molecule has 0 radical (unpaired) electrons. The van der Waals surface area contributed by atoms with Gasteiger partial charge in [0.1, 0.15) is 0 Å². The SMILES string of the molecule is C[Si](C)(c1ccccc1)[C@@H]1CC=C(CO)[C@H]1C(=O)O. The van der Waals surface area contributed by atoms with Crippen LogP contribution in [0.1, 0.15) is 6.42 Å². The fourth-order valence-electron chi connectivity index (χ4n) is 3.09. The van der Waals surface area contributed by atoms with E-state index in [0.29, 0.717) is 5.57 Å². The number of rotatable bonds is 4. The van der Waals surface area contributed by atoms with Crippen molar-refractivity contribution >= 4 is 19.2 Å². The van der Waals surface area contributed by atoms with Crippen LogP contribution in [-0.4, -0.2) is 30.9 Å². The molecule has 4 heteroatoms.